The number of ether oxygens (including phenoxy) is 1. The number of nitrogens with zero attached hydrogens (tertiary/aromatic N) is 1. The van der Waals surface area contributed by atoms with Crippen LogP contribution in [0, 0.1) is 25.2 Å². The first-order valence-corrected chi connectivity index (χ1v) is 7.52. The zero-order chi connectivity index (χ0) is 16.8. The molecule has 2 aromatic carbocycles. The Morgan fingerprint density at radius 2 is 1.83 bits per heavy atom. The van der Waals surface area contributed by atoms with E-state index < -0.39 is 0 Å². The maximum absolute atomic E-state index is 12.0. The standard InChI is InChI=1S/C18H17ClN2O2/c1-12-9-15(19)10-13(2)18(12)23-11-17(22)21-16-5-3-14(4-6-16)7-8-20/h3-6,9-10H,7,11H2,1-2H3,(H,21,22). The Kier molecular flexibility index (Phi) is 5.61. The number of hydrogen-bond donors (Lipinski definition) is 1. The minimum absolute atomic E-state index is 0.0801. The van der Waals surface area contributed by atoms with Gasteiger partial charge in [-0.2, -0.15) is 5.26 Å². The first kappa shape index (κ1) is 16.9. The van der Waals surface area contributed by atoms with Gasteiger partial charge in [-0.15, -0.1) is 0 Å². The van der Waals surface area contributed by atoms with Gasteiger partial charge >= 0.3 is 0 Å². The van der Waals surface area contributed by atoms with Crippen molar-refractivity contribution in [2.75, 3.05) is 11.9 Å². The summed E-state index contributed by atoms with van der Waals surface area (Å²) in [5.41, 5.74) is 3.37. The lowest BCUT2D eigenvalue weighted by Gasteiger charge is -2.12. The summed E-state index contributed by atoms with van der Waals surface area (Å²) in [5, 5.41) is 12.0. The second kappa shape index (κ2) is 7.66. The van der Waals surface area contributed by atoms with E-state index in [2.05, 4.69) is 11.4 Å². The maximum Gasteiger partial charge on any atom is 0.262 e. The first-order valence-electron chi connectivity index (χ1n) is 7.15. The predicted octanol–water partition coefficient (Wildman–Crippen LogP) is 4.04. The molecule has 0 spiro atoms. The zero-order valence-corrected chi connectivity index (χ0v) is 13.8. The lowest BCUT2D eigenvalue weighted by atomic mass is 10.1. The number of halogens is 1. The number of amides is 1. The SMILES string of the molecule is Cc1cc(Cl)cc(C)c1OCC(=O)Nc1ccc(CC#N)cc1. The van der Waals surface area contributed by atoms with Crippen molar-refractivity contribution in [1.82, 2.24) is 0 Å². The molecule has 4 nitrogen and oxygen atoms in total. The van der Waals surface area contributed by atoms with Crippen LogP contribution in [0.3, 0.4) is 0 Å². The maximum atomic E-state index is 12.0. The Morgan fingerprint density at radius 3 is 2.39 bits per heavy atom. The van der Waals surface area contributed by atoms with Crippen molar-refractivity contribution in [3.63, 3.8) is 0 Å². The molecule has 0 aliphatic heterocycles. The molecular formula is C18H17ClN2O2. The van der Waals surface area contributed by atoms with E-state index in [1.165, 1.54) is 0 Å². The van der Waals surface area contributed by atoms with Crippen molar-refractivity contribution in [2.24, 2.45) is 0 Å². The molecule has 23 heavy (non-hydrogen) atoms. The van der Waals surface area contributed by atoms with E-state index in [0.29, 0.717) is 22.9 Å². The molecule has 0 unspecified atom stereocenters. The van der Waals surface area contributed by atoms with Crippen LogP contribution in [0.4, 0.5) is 5.69 Å². The molecule has 0 aliphatic carbocycles. The summed E-state index contributed by atoms with van der Waals surface area (Å²) in [6.07, 6.45) is 0.354. The van der Waals surface area contributed by atoms with Crippen LogP contribution in [0.25, 0.3) is 0 Å². The largest absolute Gasteiger partial charge is 0.483 e. The average molecular weight is 329 g/mol. The first-order chi connectivity index (χ1) is 11.0. The fraction of sp³-hybridized carbons (Fsp3) is 0.222. The fourth-order valence-corrected chi connectivity index (χ4v) is 2.58. The minimum Gasteiger partial charge on any atom is -0.483 e. The van der Waals surface area contributed by atoms with Crippen LogP contribution in [0.15, 0.2) is 36.4 Å². The van der Waals surface area contributed by atoms with Crippen LogP contribution in [-0.2, 0) is 11.2 Å². The Balaban J connectivity index is 1.94. The van der Waals surface area contributed by atoms with Gasteiger partial charge in [-0.1, -0.05) is 23.7 Å². The Morgan fingerprint density at radius 1 is 1.22 bits per heavy atom. The van der Waals surface area contributed by atoms with Gasteiger partial charge in [-0.05, 0) is 54.8 Å². The number of nitrogens with one attached hydrogen (secondary N) is 1. The molecule has 0 radical (unpaired) electrons. The summed E-state index contributed by atoms with van der Waals surface area (Å²) in [7, 11) is 0. The lowest BCUT2D eigenvalue weighted by molar-refractivity contribution is -0.118. The van der Waals surface area contributed by atoms with E-state index in [1.807, 2.05) is 26.0 Å². The summed E-state index contributed by atoms with van der Waals surface area (Å²) >= 11 is 5.97. The summed E-state index contributed by atoms with van der Waals surface area (Å²) in [4.78, 5) is 12.0. The summed E-state index contributed by atoms with van der Waals surface area (Å²) in [5.74, 6) is 0.431. The van der Waals surface area contributed by atoms with Crippen molar-refractivity contribution in [3.8, 4) is 11.8 Å². The molecule has 1 amide bonds. The van der Waals surface area contributed by atoms with Gasteiger partial charge < -0.3 is 10.1 Å². The zero-order valence-electron chi connectivity index (χ0n) is 13.0. The molecule has 0 aliphatic rings. The highest BCUT2D eigenvalue weighted by Gasteiger charge is 2.09. The summed E-state index contributed by atoms with van der Waals surface area (Å²) in [6, 6.07) is 12.8. The van der Waals surface area contributed by atoms with Gasteiger partial charge in [0.1, 0.15) is 5.75 Å². The predicted molar refractivity (Wildman–Crippen MR) is 90.8 cm³/mol. The van der Waals surface area contributed by atoms with Gasteiger partial charge in [0.2, 0.25) is 0 Å². The van der Waals surface area contributed by atoms with Crippen molar-refractivity contribution < 1.29 is 9.53 Å². The number of nitriles is 1. The number of aryl methyl sites for hydroxylation is 2. The van der Waals surface area contributed by atoms with Crippen LogP contribution >= 0.6 is 11.6 Å². The Labute approximate surface area is 140 Å². The van der Waals surface area contributed by atoms with E-state index in [4.69, 9.17) is 21.6 Å². The molecule has 5 heteroatoms. The Bertz CT molecular complexity index is 726. The fourth-order valence-electron chi connectivity index (χ4n) is 2.26. The number of carbonyl (C=O) groups is 1. The van der Waals surface area contributed by atoms with Gasteiger partial charge in [0, 0.05) is 10.7 Å². The molecule has 2 rings (SSSR count). The van der Waals surface area contributed by atoms with E-state index in [9.17, 15) is 4.79 Å². The molecule has 0 fully saturated rings. The number of carbonyl (C=O) groups excluding carboxylic acids is 1. The molecule has 0 heterocycles. The third-order valence-electron chi connectivity index (χ3n) is 3.29. The molecular weight excluding hydrogens is 312 g/mol. The molecule has 0 atom stereocenters. The molecule has 0 aromatic heterocycles. The highest BCUT2D eigenvalue weighted by Crippen LogP contribution is 2.27. The molecule has 0 saturated heterocycles. The molecule has 1 N–H and O–H groups in total. The average Bonchev–Trinajstić information content (AvgIpc) is 2.48. The molecule has 118 valence electrons. The van der Waals surface area contributed by atoms with E-state index in [0.717, 1.165) is 16.7 Å². The molecule has 0 bridgehead atoms. The minimum atomic E-state index is -0.244. The second-order valence-electron chi connectivity index (χ2n) is 5.24. The number of anilines is 1. The van der Waals surface area contributed by atoms with Crippen molar-refractivity contribution in [3.05, 3.63) is 58.1 Å². The summed E-state index contributed by atoms with van der Waals surface area (Å²) in [6.45, 7) is 3.70. The molecule has 2 aromatic rings. The van der Waals surface area contributed by atoms with E-state index in [-0.39, 0.29) is 12.5 Å². The normalized spacial score (nSPS) is 10.0. The van der Waals surface area contributed by atoms with Crippen molar-refractivity contribution in [2.45, 2.75) is 20.3 Å². The second-order valence-corrected chi connectivity index (χ2v) is 5.67. The van der Waals surface area contributed by atoms with Crippen molar-refractivity contribution >= 4 is 23.2 Å². The van der Waals surface area contributed by atoms with Gasteiger partial charge in [0.05, 0.1) is 12.5 Å². The third-order valence-corrected chi connectivity index (χ3v) is 3.51. The van der Waals surface area contributed by atoms with Gasteiger partial charge in [-0.25, -0.2) is 0 Å². The third kappa shape index (κ3) is 4.73. The van der Waals surface area contributed by atoms with Crippen LogP contribution in [0.2, 0.25) is 5.02 Å². The van der Waals surface area contributed by atoms with Gasteiger partial charge in [0.15, 0.2) is 6.61 Å². The van der Waals surface area contributed by atoms with Gasteiger partial charge in [0.25, 0.3) is 5.91 Å². The lowest BCUT2D eigenvalue weighted by Crippen LogP contribution is -2.20. The van der Waals surface area contributed by atoms with Crippen LogP contribution < -0.4 is 10.1 Å². The van der Waals surface area contributed by atoms with Crippen LogP contribution in [-0.4, -0.2) is 12.5 Å². The highest BCUT2D eigenvalue weighted by atomic mass is 35.5. The number of benzene rings is 2. The quantitative estimate of drug-likeness (QED) is 0.901. The molecule has 0 saturated carbocycles. The van der Waals surface area contributed by atoms with E-state index in [1.54, 1.807) is 24.3 Å². The topological polar surface area (TPSA) is 62.1 Å². The van der Waals surface area contributed by atoms with Crippen LogP contribution in [0.1, 0.15) is 16.7 Å². The smallest absolute Gasteiger partial charge is 0.262 e. The van der Waals surface area contributed by atoms with Crippen molar-refractivity contribution in [1.29, 1.82) is 5.26 Å². The summed E-state index contributed by atoms with van der Waals surface area (Å²) < 4.78 is 5.61. The van der Waals surface area contributed by atoms with E-state index >= 15 is 0 Å². The monoisotopic (exact) mass is 328 g/mol. The van der Waals surface area contributed by atoms with Gasteiger partial charge in [-0.3, -0.25) is 4.79 Å². The van der Waals surface area contributed by atoms with Crippen LogP contribution in [0.5, 0.6) is 5.75 Å². The number of rotatable bonds is 5. The Hall–Kier alpha value is -2.51. The number of hydrogen-bond acceptors (Lipinski definition) is 3. The highest BCUT2D eigenvalue weighted by molar-refractivity contribution is 6.30.